The summed E-state index contributed by atoms with van der Waals surface area (Å²) in [4.78, 5) is 37.8. The lowest BCUT2D eigenvalue weighted by Gasteiger charge is -2.29. The topological polar surface area (TPSA) is 105 Å². The molecule has 0 spiro atoms. The van der Waals surface area contributed by atoms with Crippen molar-refractivity contribution in [2.24, 2.45) is 0 Å². The molecule has 2 amide bonds. The highest BCUT2D eigenvalue weighted by atomic mass is 16.6. The van der Waals surface area contributed by atoms with Gasteiger partial charge in [0.05, 0.1) is 7.11 Å². The molecule has 1 aromatic rings. The van der Waals surface area contributed by atoms with E-state index >= 15 is 0 Å². The summed E-state index contributed by atoms with van der Waals surface area (Å²) in [6, 6.07) is 4.49. The molecule has 0 fully saturated rings. The summed E-state index contributed by atoms with van der Waals surface area (Å²) >= 11 is 0. The van der Waals surface area contributed by atoms with Crippen molar-refractivity contribution in [2.75, 3.05) is 14.2 Å². The van der Waals surface area contributed by atoms with Crippen LogP contribution < -0.4 is 5.32 Å². The molecule has 0 aliphatic heterocycles. The molecule has 8 nitrogen and oxygen atoms in total. The molecule has 0 bridgehead atoms. The number of ether oxygens (including phenoxy) is 2. The van der Waals surface area contributed by atoms with Crippen LogP contribution in [0.15, 0.2) is 24.3 Å². The number of phenols is 1. The van der Waals surface area contributed by atoms with E-state index in [0.29, 0.717) is 0 Å². The highest BCUT2D eigenvalue weighted by Crippen LogP contribution is 2.13. The fourth-order valence-corrected chi connectivity index (χ4v) is 2.16. The second kappa shape index (κ2) is 9.25. The molecule has 27 heavy (non-hydrogen) atoms. The van der Waals surface area contributed by atoms with Crippen molar-refractivity contribution in [1.82, 2.24) is 10.2 Å². The minimum Gasteiger partial charge on any atom is -0.508 e. The third-order valence-corrected chi connectivity index (χ3v) is 3.82. The Morgan fingerprint density at radius 1 is 1.19 bits per heavy atom. The van der Waals surface area contributed by atoms with Gasteiger partial charge in [-0.2, -0.15) is 0 Å². The number of carbonyl (C=O) groups is 3. The Morgan fingerprint density at radius 2 is 1.74 bits per heavy atom. The van der Waals surface area contributed by atoms with Crippen LogP contribution in [0.4, 0.5) is 4.79 Å². The Balaban J connectivity index is 2.81. The van der Waals surface area contributed by atoms with Crippen LogP contribution in [-0.4, -0.2) is 59.8 Å². The summed E-state index contributed by atoms with van der Waals surface area (Å²) in [7, 11) is 2.68. The number of amides is 2. The van der Waals surface area contributed by atoms with Gasteiger partial charge in [-0.1, -0.05) is 12.1 Å². The quantitative estimate of drug-likeness (QED) is 0.730. The van der Waals surface area contributed by atoms with Crippen LogP contribution >= 0.6 is 0 Å². The molecule has 0 aliphatic rings. The number of benzene rings is 1. The minimum absolute atomic E-state index is 0.102. The van der Waals surface area contributed by atoms with Crippen LogP contribution in [0.2, 0.25) is 0 Å². The molecule has 0 aromatic heterocycles. The zero-order chi connectivity index (χ0) is 20.8. The number of rotatable bonds is 6. The molecule has 0 radical (unpaired) electrons. The number of methoxy groups -OCH3 is 1. The molecule has 0 heterocycles. The van der Waals surface area contributed by atoms with E-state index in [1.165, 1.54) is 33.2 Å². The predicted molar refractivity (Wildman–Crippen MR) is 99.2 cm³/mol. The maximum atomic E-state index is 12.5. The maximum Gasteiger partial charge on any atom is 0.410 e. The first-order valence-electron chi connectivity index (χ1n) is 8.56. The van der Waals surface area contributed by atoms with E-state index in [4.69, 9.17) is 9.47 Å². The number of phenolic OH excluding ortho intramolecular Hbond substituents is 1. The molecule has 2 atom stereocenters. The average Bonchev–Trinajstić information content (AvgIpc) is 2.59. The maximum absolute atomic E-state index is 12.5. The SMILES string of the molecule is COC(=O)C(Cc1ccc(O)cc1)NC(=O)C(C)N(C)C(=O)OC(C)(C)C. The second-order valence-corrected chi connectivity index (χ2v) is 7.22. The van der Waals surface area contributed by atoms with E-state index in [2.05, 4.69) is 5.32 Å². The van der Waals surface area contributed by atoms with E-state index in [0.717, 1.165) is 10.5 Å². The van der Waals surface area contributed by atoms with Gasteiger partial charge in [0.15, 0.2) is 0 Å². The van der Waals surface area contributed by atoms with Crippen molar-refractivity contribution < 1.29 is 29.0 Å². The Bertz CT molecular complexity index is 666. The van der Waals surface area contributed by atoms with Crippen LogP contribution in [0.25, 0.3) is 0 Å². The number of aromatic hydroxyl groups is 1. The average molecular weight is 380 g/mol. The molecule has 0 saturated heterocycles. The van der Waals surface area contributed by atoms with Gasteiger partial charge in [-0.25, -0.2) is 9.59 Å². The number of hydrogen-bond acceptors (Lipinski definition) is 6. The molecule has 0 saturated carbocycles. The lowest BCUT2D eigenvalue weighted by molar-refractivity contribution is -0.145. The summed E-state index contributed by atoms with van der Waals surface area (Å²) in [5, 5.41) is 12.0. The number of nitrogens with one attached hydrogen (secondary N) is 1. The predicted octanol–water partition coefficient (Wildman–Crippen LogP) is 1.85. The largest absolute Gasteiger partial charge is 0.508 e. The zero-order valence-corrected chi connectivity index (χ0v) is 16.6. The van der Waals surface area contributed by atoms with Crippen molar-refractivity contribution >= 4 is 18.0 Å². The fraction of sp³-hybridized carbons (Fsp3) is 0.526. The molecule has 150 valence electrons. The Morgan fingerprint density at radius 3 is 2.22 bits per heavy atom. The van der Waals surface area contributed by atoms with Crippen molar-refractivity contribution in [2.45, 2.75) is 51.8 Å². The van der Waals surface area contributed by atoms with Crippen LogP contribution in [-0.2, 0) is 25.5 Å². The van der Waals surface area contributed by atoms with Crippen LogP contribution in [0.5, 0.6) is 5.75 Å². The van der Waals surface area contributed by atoms with E-state index in [1.807, 2.05) is 0 Å². The molecular formula is C19H28N2O6. The summed E-state index contributed by atoms with van der Waals surface area (Å²) in [5.41, 5.74) is 0.0475. The first kappa shape index (κ1) is 22.3. The normalized spacial score (nSPS) is 13.3. The summed E-state index contributed by atoms with van der Waals surface area (Å²) < 4.78 is 10.00. The van der Waals surface area contributed by atoms with E-state index in [9.17, 15) is 19.5 Å². The molecule has 2 unspecified atom stereocenters. The van der Waals surface area contributed by atoms with Crippen LogP contribution in [0, 0.1) is 0 Å². The molecule has 1 rings (SSSR count). The molecule has 2 N–H and O–H groups in total. The fourth-order valence-electron chi connectivity index (χ4n) is 2.16. The van der Waals surface area contributed by atoms with Crippen LogP contribution in [0.3, 0.4) is 0 Å². The summed E-state index contributed by atoms with van der Waals surface area (Å²) in [5.74, 6) is -1.02. The lowest BCUT2D eigenvalue weighted by atomic mass is 10.1. The van der Waals surface area contributed by atoms with Crippen molar-refractivity contribution in [3.05, 3.63) is 29.8 Å². The molecule has 8 heteroatoms. The Hall–Kier alpha value is -2.77. The van der Waals surface area contributed by atoms with Gasteiger partial charge in [0.2, 0.25) is 5.91 Å². The van der Waals surface area contributed by atoms with Gasteiger partial charge in [-0.3, -0.25) is 9.69 Å². The minimum atomic E-state index is -0.929. The third kappa shape index (κ3) is 7.16. The highest BCUT2D eigenvalue weighted by molar-refractivity contribution is 5.89. The van der Waals surface area contributed by atoms with Gasteiger partial charge >= 0.3 is 12.1 Å². The van der Waals surface area contributed by atoms with E-state index in [1.54, 1.807) is 32.9 Å². The first-order chi connectivity index (χ1) is 12.4. The first-order valence-corrected chi connectivity index (χ1v) is 8.56. The Kier molecular flexibility index (Phi) is 7.63. The molecular weight excluding hydrogens is 352 g/mol. The summed E-state index contributed by atoms with van der Waals surface area (Å²) in [6.45, 7) is 6.73. The van der Waals surface area contributed by atoms with E-state index < -0.39 is 35.7 Å². The summed E-state index contributed by atoms with van der Waals surface area (Å²) in [6.07, 6.45) is -0.458. The third-order valence-electron chi connectivity index (χ3n) is 3.82. The highest BCUT2D eigenvalue weighted by Gasteiger charge is 2.30. The van der Waals surface area contributed by atoms with Crippen molar-refractivity contribution in [3.63, 3.8) is 0 Å². The lowest BCUT2D eigenvalue weighted by Crippen LogP contribution is -2.52. The number of carbonyl (C=O) groups excluding carboxylic acids is 3. The van der Waals surface area contributed by atoms with Gasteiger partial charge in [-0.15, -0.1) is 0 Å². The van der Waals surface area contributed by atoms with Crippen LogP contribution in [0.1, 0.15) is 33.3 Å². The van der Waals surface area contributed by atoms with Gasteiger partial charge in [0.1, 0.15) is 23.4 Å². The van der Waals surface area contributed by atoms with Gasteiger partial charge < -0.3 is 19.9 Å². The number of nitrogens with zero attached hydrogens (tertiary/aromatic N) is 1. The van der Waals surface area contributed by atoms with Gasteiger partial charge in [0.25, 0.3) is 0 Å². The monoisotopic (exact) mass is 380 g/mol. The van der Waals surface area contributed by atoms with Gasteiger partial charge in [-0.05, 0) is 45.4 Å². The Labute approximate surface area is 159 Å². The van der Waals surface area contributed by atoms with Crippen molar-refractivity contribution in [3.8, 4) is 5.75 Å². The number of likely N-dealkylation sites (N-methyl/N-ethyl adjacent to an activating group) is 1. The standard InChI is InChI=1S/C19H28N2O6/c1-12(21(5)18(25)27-19(2,3)4)16(23)20-15(17(24)26-6)11-13-7-9-14(22)10-8-13/h7-10,12,15,22H,11H2,1-6H3,(H,20,23). The molecule has 1 aromatic carbocycles. The second-order valence-electron chi connectivity index (χ2n) is 7.22. The number of hydrogen-bond donors (Lipinski definition) is 2. The molecule has 0 aliphatic carbocycles. The van der Waals surface area contributed by atoms with Crippen molar-refractivity contribution in [1.29, 1.82) is 0 Å². The zero-order valence-electron chi connectivity index (χ0n) is 16.6. The number of esters is 1. The smallest absolute Gasteiger partial charge is 0.410 e. The van der Waals surface area contributed by atoms with Gasteiger partial charge in [0, 0.05) is 13.5 Å². The van der Waals surface area contributed by atoms with E-state index in [-0.39, 0.29) is 12.2 Å².